The zero-order valence-electron chi connectivity index (χ0n) is 20.5. The number of hydrogen-bond acceptors (Lipinski definition) is 8. The summed E-state index contributed by atoms with van der Waals surface area (Å²) in [5.41, 5.74) is 11.2. The van der Waals surface area contributed by atoms with E-state index in [2.05, 4.69) is 16.0 Å². The average Bonchev–Trinajstić information content (AvgIpc) is 2.77. The number of benzene rings is 1. The average molecular weight is 524 g/mol. The van der Waals surface area contributed by atoms with Crippen molar-refractivity contribution in [3.63, 3.8) is 0 Å². The van der Waals surface area contributed by atoms with Crippen LogP contribution in [0.25, 0.3) is 0 Å². The number of aliphatic carboxylic acids is 2. The van der Waals surface area contributed by atoms with Crippen LogP contribution in [0.5, 0.6) is 5.75 Å². The Morgan fingerprint density at radius 3 is 1.81 bits per heavy atom. The Kier molecular flexibility index (Phi) is 12.0. The van der Waals surface area contributed by atoms with Gasteiger partial charge in [0.15, 0.2) is 0 Å². The molecule has 14 nitrogen and oxygen atoms in total. The predicted octanol–water partition coefficient (Wildman–Crippen LogP) is -1.80. The van der Waals surface area contributed by atoms with Crippen molar-refractivity contribution in [3.05, 3.63) is 29.8 Å². The molecule has 0 saturated carbocycles. The van der Waals surface area contributed by atoms with Crippen LogP contribution in [0.4, 0.5) is 0 Å². The first kappa shape index (κ1) is 30.8. The van der Waals surface area contributed by atoms with Gasteiger partial charge in [0.1, 0.15) is 23.9 Å². The normalized spacial score (nSPS) is 14.1. The van der Waals surface area contributed by atoms with Crippen molar-refractivity contribution in [2.75, 3.05) is 0 Å². The number of nitrogens with one attached hydrogen (secondary N) is 3. The summed E-state index contributed by atoms with van der Waals surface area (Å²) >= 11 is 0. The van der Waals surface area contributed by atoms with Crippen LogP contribution in [0.1, 0.15) is 38.7 Å². The monoisotopic (exact) mass is 523 g/mol. The number of amides is 4. The Morgan fingerprint density at radius 2 is 1.32 bits per heavy atom. The molecule has 14 heteroatoms. The molecule has 4 atom stereocenters. The van der Waals surface area contributed by atoms with E-state index in [9.17, 15) is 44.1 Å². The number of primary amides is 1. The number of nitrogens with two attached hydrogens (primary N) is 2. The van der Waals surface area contributed by atoms with Gasteiger partial charge in [0, 0.05) is 6.42 Å². The summed E-state index contributed by atoms with van der Waals surface area (Å²) in [6, 6.07) is -0.133. The quantitative estimate of drug-likeness (QED) is 0.128. The molecule has 204 valence electrons. The van der Waals surface area contributed by atoms with Crippen molar-refractivity contribution in [1.82, 2.24) is 16.0 Å². The minimum Gasteiger partial charge on any atom is -0.508 e. The smallest absolute Gasteiger partial charge is 0.326 e. The molecule has 1 aromatic rings. The summed E-state index contributed by atoms with van der Waals surface area (Å²) in [6.45, 7) is 3.47. The van der Waals surface area contributed by atoms with Gasteiger partial charge in [-0.15, -0.1) is 0 Å². The molecule has 0 saturated heterocycles. The SMILES string of the molecule is CC(C)CC(NC(=O)C(CC(=O)O)NC(=O)C(Cc1ccc(O)cc1)NC(=O)C(N)CC(N)=O)C(=O)O. The molecular weight excluding hydrogens is 490 g/mol. The number of carboxylic acids is 2. The number of carbonyl (C=O) groups is 6. The number of phenols is 1. The topological polar surface area (TPSA) is 251 Å². The Balaban J connectivity index is 3.16. The van der Waals surface area contributed by atoms with Gasteiger partial charge in [0.2, 0.25) is 23.6 Å². The number of carboxylic acid groups (broad SMARTS) is 2. The number of aromatic hydroxyl groups is 1. The second-order valence-corrected chi connectivity index (χ2v) is 8.90. The summed E-state index contributed by atoms with van der Waals surface area (Å²) < 4.78 is 0. The molecule has 0 spiro atoms. The summed E-state index contributed by atoms with van der Waals surface area (Å²) in [7, 11) is 0. The van der Waals surface area contributed by atoms with Crippen LogP contribution in [0.2, 0.25) is 0 Å². The fraction of sp³-hybridized carbons (Fsp3) is 0.478. The van der Waals surface area contributed by atoms with E-state index in [4.69, 9.17) is 11.5 Å². The van der Waals surface area contributed by atoms with Crippen molar-refractivity contribution < 1.29 is 44.1 Å². The van der Waals surface area contributed by atoms with Gasteiger partial charge in [-0.2, -0.15) is 0 Å². The lowest BCUT2D eigenvalue weighted by atomic mass is 10.0. The van der Waals surface area contributed by atoms with Gasteiger partial charge in [-0.25, -0.2) is 4.79 Å². The zero-order valence-corrected chi connectivity index (χ0v) is 20.5. The summed E-state index contributed by atoms with van der Waals surface area (Å²) in [6.07, 6.45) is -1.47. The largest absolute Gasteiger partial charge is 0.508 e. The third kappa shape index (κ3) is 11.4. The van der Waals surface area contributed by atoms with Gasteiger partial charge in [0.05, 0.1) is 18.9 Å². The van der Waals surface area contributed by atoms with Crippen LogP contribution >= 0.6 is 0 Å². The maximum absolute atomic E-state index is 13.1. The van der Waals surface area contributed by atoms with E-state index in [-0.39, 0.29) is 24.5 Å². The van der Waals surface area contributed by atoms with Gasteiger partial charge in [-0.1, -0.05) is 26.0 Å². The second-order valence-electron chi connectivity index (χ2n) is 8.90. The minimum atomic E-state index is -1.67. The lowest BCUT2D eigenvalue weighted by Crippen LogP contribution is -2.58. The molecule has 0 aliphatic carbocycles. The first-order chi connectivity index (χ1) is 17.2. The number of hydrogen-bond donors (Lipinski definition) is 8. The molecular formula is C23H33N5O9. The standard InChI is InChI=1S/C23H33N5O9/c1-11(2)7-17(23(36)37)28-22(35)16(10-19(31)32)27-21(34)15(8-12-3-5-13(29)6-4-12)26-20(33)14(24)9-18(25)30/h3-6,11,14-17,29H,7-10,24H2,1-2H3,(H2,25,30)(H,26,33)(H,27,34)(H,28,35)(H,31,32)(H,36,37). The fourth-order valence-corrected chi connectivity index (χ4v) is 3.29. The Labute approximate surface area is 212 Å². The van der Waals surface area contributed by atoms with Gasteiger partial charge in [-0.05, 0) is 30.0 Å². The molecule has 4 amide bonds. The van der Waals surface area contributed by atoms with Gasteiger partial charge in [0.25, 0.3) is 0 Å². The highest BCUT2D eigenvalue weighted by Crippen LogP contribution is 2.12. The van der Waals surface area contributed by atoms with E-state index in [0.29, 0.717) is 5.56 Å². The third-order valence-corrected chi connectivity index (χ3v) is 5.10. The molecule has 37 heavy (non-hydrogen) atoms. The van der Waals surface area contributed by atoms with Crippen LogP contribution in [0.15, 0.2) is 24.3 Å². The van der Waals surface area contributed by atoms with E-state index >= 15 is 0 Å². The second kappa shape index (κ2) is 14.4. The van der Waals surface area contributed by atoms with Crippen molar-refractivity contribution in [1.29, 1.82) is 0 Å². The zero-order chi connectivity index (χ0) is 28.3. The van der Waals surface area contributed by atoms with Crippen molar-refractivity contribution in [2.45, 2.75) is 63.7 Å². The van der Waals surface area contributed by atoms with E-state index in [1.807, 2.05) is 0 Å². The highest BCUT2D eigenvalue weighted by molar-refractivity contribution is 5.96. The van der Waals surface area contributed by atoms with E-state index < -0.39 is 72.6 Å². The molecule has 0 fully saturated rings. The maximum Gasteiger partial charge on any atom is 0.326 e. The fourth-order valence-electron chi connectivity index (χ4n) is 3.29. The van der Waals surface area contributed by atoms with Crippen LogP contribution in [0.3, 0.4) is 0 Å². The van der Waals surface area contributed by atoms with Crippen LogP contribution in [-0.2, 0) is 35.2 Å². The van der Waals surface area contributed by atoms with Crippen molar-refractivity contribution in [2.24, 2.45) is 17.4 Å². The Hall–Kier alpha value is -4.20. The van der Waals surface area contributed by atoms with Crippen LogP contribution < -0.4 is 27.4 Å². The van der Waals surface area contributed by atoms with Crippen LogP contribution in [-0.4, -0.2) is 75.1 Å². The highest BCUT2D eigenvalue weighted by Gasteiger charge is 2.32. The lowest BCUT2D eigenvalue weighted by Gasteiger charge is -2.25. The van der Waals surface area contributed by atoms with Crippen molar-refractivity contribution >= 4 is 35.6 Å². The van der Waals surface area contributed by atoms with Gasteiger partial charge in [-0.3, -0.25) is 24.0 Å². The number of carbonyl (C=O) groups excluding carboxylic acids is 4. The van der Waals surface area contributed by atoms with Crippen molar-refractivity contribution in [3.8, 4) is 5.75 Å². The molecule has 0 aliphatic rings. The van der Waals surface area contributed by atoms with Gasteiger partial charge < -0.3 is 42.7 Å². The molecule has 0 heterocycles. The Morgan fingerprint density at radius 1 is 0.811 bits per heavy atom. The minimum absolute atomic E-state index is 0.0511. The first-order valence-electron chi connectivity index (χ1n) is 11.4. The van der Waals surface area contributed by atoms with E-state index in [1.165, 1.54) is 24.3 Å². The Bertz CT molecular complexity index is 997. The predicted molar refractivity (Wildman–Crippen MR) is 129 cm³/mol. The number of phenolic OH excluding ortho intramolecular Hbond substituents is 1. The molecule has 0 radical (unpaired) electrons. The van der Waals surface area contributed by atoms with E-state index in [0.717, 1.165) is 0 Å². The highest BCUT2D eigenvalue weighted by atomic mass is 16.4. The molecule has 0 aliphatic heterocycles. The first-order valence-corrected chi connectivity index (χ1v) is 11.4. The molecule has 1 aromatic carbocycles. The molecule has 0 aromatic heterocycles. The summed E-state index contributed by atoms with van der Waals surface area (Å²) in [4.78, 5) is 72.2. The lowest BCUT2D eigenvalue weighted by molar-refractivity contribution is -0.144. The molecule has 10 N–H and O–H groups in total. The maximum atomic E-state index is 13.1. The molecule has 0 bridgehead atoms. The van der Waals surface area contributed by atoms with E-state index in [1.54, 1.807) is 13.8 Å². The summed E-state index contributed by atoms with van der Waals surface area (Å²) in [5.74, 6) is -6.70. The number of rotatable bonds is 15. The van der Waals surface area contributed by atoms with Crippen LogP contribution in [0, 0.1) is 5.92 Å². The molecule has 1 rings (SSSR count). The third-order valence-electron chi connectivity index (χ3n) is 5.10. The summed E-state index contributed by atoms with van der Waals surface area (Å²) in [5, 5.41) is 34.9. The van der Waals surface area contributed by atoms with Gasteiger partial charge >= 0.3 is 11.9 Å². The molecule has 4 unspecified atom stereocenters.